The summed E-state index contributed by atoms with van der Waals surface area (Å²) < 4.78 is 0. The molecule has 0 saturated heterocycles. The van der Waals surface area contributed by atoms with Crippen molar-refractivity contribution in [3.63, 3.8) is 0 Å². The Kier molecular flexibility index (Phi) is 4.72. The van der Waals surface area contributed by atoms with Crippen molar-refractivity contribution >= 4 is 17.2 Å². The van der Waals surface area contributed by atoms with Gasteiger partial charge in [0.25, 0.3) is 5.91 Å². The molecule has 0 aliphatic carbocycles. The highest BCUT2D eigenvalue weighted by Gasteiger charge is 2.17. The summed E-state index contributed by atoms with van der Waals surface area (Å²) in [6.45, 7) is 2.04. The molecule has 102 valence electrons. The van der Waals surface area contributed by atoms with E-state index in [1.807, 2.05) is 80.7 Å². The highest BCUT2D eigenvalue weighted by molar-refractivity contribution is 6.26. The number of anilines is 1. The van der Waals surface area contributed by atoms with Crippen LogP contribution in [0.15, 0.2) is 66.7 Å². The number of carbonyl (C=O) groups is 1. The van der Waals surface area contributed by atoms with Gasteiger partial charge in [0.15, 0.2) is 0 Å². The van der Waals surface area contributed by atoms with Crippen LogP contribution < -0.4 is 4.90 Å². The van der Waals surface area contributed by atoms with E-state index in [9.17, 15) is 4.79 Å². The maximum atomic E-state index is 12.7. The van der Waals surface area contributed by atoms with E-state index in [2.05, 4.69) is 0 Å². The van der Waals surface area contributed by atoms with Gasteiger partial charge >= 0.3 is 0 Å². The quantitative estimate of drug-likeness (QED) is 0.761. The molecule has 0 bridgehead atoms. The standard InChI is InChI=1S/C18H19NO/c1-3-10-17(15-11-6-4-7-12-15)18(20)19(2)16-13-8-5-9-14-16/h4-14H,3H2,1-2H3/b17-10+. The average Bonchev–Trinajstić information content (AvgIpc) is 2.53. The number of likely N-dealkylation sites (N-methyl/N-ethyl adjacent to an activating group) is 1. The van der Waals surface area contributed by atoms with Crippen molar-refractivity contribution < 1.29 is 4.79 Å². The van der Waals surface area contributed by atoms with Crippen LogP contribution in [-0.2, 0) is 4.79 Å². The van der Waals surface area contributed by atoms with Gasteiger partial charge in [0, 0.05) is 18.3 Å². The van der Waals surface area contributed by atoms with Crippen molar-refractivity contribution in [2.75, 3.05) is 11.9 Å². The van der Waals surface area contributed by atoms with Gasteiger partial charge in [0.1, 0.15) is 0 Å². The van der Waals surface area contributed by atoms with Crippen LogP contribution in [0.4, 0.5) is 5.69 Å². The Morgan fingerprint density at radius 3 is 2.10 bits per heavy atom. The molecule has 0 radical (unpaired) electrons. The van der Waals surface area contributed by atoms with Gasteiger partial charge in [-0.25, -0.2) is 0 Å². The number of para-hydroxylation sites is 1. The molecule has 2 heteroatoms. The summed E-state index contributed by atoms with van der Waals surface area (Å²) in [5.41, 5.74) is 2.61. The molecule has 20 heavy (non-hydrogen) atoms. The van der Waals surface area contributed by atoms with Gasteiger partial charge in [0.2, 0.25) is 0 Å². The predicted molar refractivity (Wildman–Crippen MR) is 84.6 cm³/mol. The highest BCUT2D eigenvalue weighted by Crippen LogP contribution is 2.21. The predicted octanol–water partition coefficient (Wildman–Crippen LogP) is 4.14. The lowest BCUT2D eigenvalue weighted by molar-refractivity contribution is -0.113. The fourth-order valence-electron chi connectivity index (χ4n) is 2.10. The molecule has 0 N–H and O–H groups in total. The van der Waals surface area contributed by atoms with Gasteiger partial charge in [-0.3, -0.25) is 4.79 Å². The minimum atomic E-state index is 0.0178. The second-order valence-corrected chi connectivity index (χ2v) is 4.59. The second kappa shape index (κ2) is 6.71. The van der Waals surface area contributed by atoms with Crippen molar-refractivity contribution in [3.8, 4) is 0 Å². The Morgan fingerprint density at radius 2 is 1.55 bits per heavy atom. The van der Waals surface area contributed by atoms with Gasteiger partial charge in [-0.1, -0.05) is 61.5 Å². The van der Waals surface area contributed by atoms with E-state index in [0.29, 0.717) is 0 Å². The summed E-state index contributed by atoms with van der Waals surface area (Å²) in [5.74, 6) is 0.0178. The summed E-state index contributed by atoms with van der Waals surface area (Å²) in [5, 5.41) is 0. The molecule has 2 rings (SSSR count). The van der Waals surface area contributed by atoms with Gasteiger partial charge in [-0.05, 0) is 24.1 Å². The Morgan fingerprint density at radius 1 is 1.00 bits per heavy atom. The molecular weight excluding hydrogens is 246 g/mol. The van der Waals surface area contributed by atoms with Crippen LogP contribution in [0.25, 0.3) is 5.57 Å². The van der Waals surface area contributed by atoms with Gasteiger partial charge in [-0.2, -0.15) is 0 Å². The molecule has 0 heterocycles. The summed E-state index contributed by atoms with van der Waals surface area (Å²) in [6.07, 6.45) is 2.82. The zero-order valence-corrected chi connectivity index (χ0v) is 11.9. The number of amides is 1. The number of hydrogen-bond acceptors (Lipinski definition) is 1. The van der Waals surface area contributed by atoms with Crippen LogP contribution in [0.3, 0.4) is 0 Å². The molecule has 0 aliphatic rings. The lowest BCUT2D eigenvalue weighted by Gasteiger charge is -2.19. The minimum absolute atomic E-state index is 0.0178. The van der Waals surface area contributed by atoms with Crippen LogP contribution in [0.1, 0.15) is 18.9 Å². The molecule has 2 nitrogen and oxygen atoms in total. The number of allylic oxidation sites excluding steroid dienone is 1. The van der Waals surface area contributed by atoms with Crippen LogP contribution in [0.2, 0.25) is 0 Å². The van der Waals surface area contributed by atoms with Crippen LogP contribution in [-0.4, -0.2) is 13.0 Å². The normalized spacial score (nSPS) is 11.2. The lowest BCUT2D eigenvalue weighted by atomic mass is 10.0. The van der Waals surface area contributed by atoms with Crippen molar-refractivity contribution in [2.24, 2.45) is 0 Å². The first-order valence-electron chi connectivity index (χ1n) is 6.82. The maximum absolute atomic E-state index is 12.7. The van der Waals surface area contributed by atoms with Crippen LogP contribution in [0, 0.1) is 0 Å². The molecule has 2 aromatic rings. The molecule has 0 aliphatic heterocycles. The second-order valence-electron chi connectivity index (χ2n) is 4.59. The van der Waals surface area contributed by atoms with Crippen LogP contribution in [0.5, 0.6) is 0 Å². The van der Waals surface area contributed by atoms with Crippen molar-refractivity contribution in [1.82, 2.24) is 0 Å². The fourth-order valence-corrected chi connectivity index (χ4v) is 2.10. The largest absolute Gasteiger partial charge is 0.311 e. The molecular formula is C18H19NO. The van der Waals surface area contributed by atoms with Gasteiger partial charge in [-0.15, -0.1) is 0 Å². The molecule has 0 fully saturated rings. The van der Waals surface area contributed by atoms with E-state index >= 15 is 0 Å². The van der Waals surface area contributed by atoms with E-state index in [1.54, 1.807) is 4.90 Å². The van der Waals surface area contributed by atoms with E-state index < -0.39 is 0 Å². The molecule has 0 aromatic heterocycles. The third kappa shape index (κ3) is 3.15. The van der Waals surface area contributed by atoms with E-state index in [-0.39, 0.29) is 5.91 Å². The van der Waals surface area contributed by atoms with Crippen molar-refractivity contribution in [1.29, 1.82) is 0 Å². The Bertz CT molecular complexity index is 587. The molecule has 0 spiro atoms. The molecule has 0 saturated carbocycles. The topological polar surface area (TPSA) is 20.3 Å². The van der Waals surface area contributed by atoms with E-state index in [0.717, 1.165) is 23.2 Å². The first-order valence-corrected chi connectivity index (χ1v) is 6.82. The third-order valence-electron chi connectivity index (χ3n) is 3.17. The smallest absolute Gasteiger partial charge is 0.258 e. The number of benzene rings is 2. The minimum Gasteiger partial charge on any atom is -0.311 e. The van der Waals surface area contributed by atoms with E-state index in [1.165, 1.54) is 0 Å². The maximum Gasteiger partial charge on any atom is 0.258 e. The fraction of sp³-hybridized carbons (Fsp3) is 0.167. The first-order chi connectivity index (χ1) is 9.74. The molecule has 0 atom stereocenters. The summed E-state index contributed by atoms with van der Waals surface area (Å²) in [7, 11) is 1.81. The average molecular weight is 265 g/mol. The molecule has 1 amide bonds. The lowest BCUT2D eigenvalue weighted by Crippen LogP contribution is -2.27. The Hall–Kier alpha value is -2.35. The van der Waals surface area contributed by atoms with Crippen molar-refractivity contribution in [3.05, 3.63) is 72.3 Å². The monoisotopic (exact) mass is 265 g/mol. The number of rotatable bonds is 4. The molecule has 0 unspecified atom stereocenters. The van der Waals surface area contributed by atoms with Crippen molar-refractivity contribution in [2.45, 2.75) is 13.3 Å². The summed E-state index contributed by atoms with van der Waals surface area (Å²) in [6, 6.07) is 19.5. The van der Waals surface area contributed by atoms with E-state index in [4.69, 9.17) is 0 Å². The SMILES string of the molecule is CC/C=C(/C(=O)N(C)c1ccccc1)c1ccccc1. The number of nitrogens with zero attached hydrogens (tertiary/aromatic N) is 1. The summed E-state index contributed by atoms with van der Waals surface area (Å²) >= 11 is 0. The third-order valence-corrected chi connectivity index (χ3v) is 3.17. The number of hydrogen-bond donors (Lipinski definition) is 0. The van der Waals surface area contributed by atoms with Gasteiger partial charge in [0.05, 0.1) is 0 Å². The van der Waals surface area contributed by atoms with Crippen LogP contribution >= 0.6 is 0 Å². The van der Waals surface area contributed by atoms with Gasteiger partial charge < -0.3 is 4.90 Å². The Labute approximate surface area is 120 Å². The Balaban J connectivity index is 2.32. The summed E-state index contributed by atoms with van der Waals surface area (Å²) in [4.78, 5) is 14.4. The zero-order chi connectivity index (χ0) is 14.4. The number of carbonyl (C=O) groups excluding carboxylic acids is 1. The zero-order valence-electron chi connectivity index (χ0n) is 11.9. The highest BCUT2D eigenvalue weighted by atomic mass is 16.2. The first kappa shape index (κ1) is 14.1. The molecule has 2 aromatic carbocycles.